The van der Waals surface area contributed by atoms with Gasteiger partial charge in [-0.05, 0) is 77.7 Å². The summed E-state index contributed by atoms with van der Waals surface area (Å²) in [7, 11) is 1.76. The van der Waals surface area contributed by atoms with Crippen molar-refractivity contribution in [1.29, 1.82) is 0 Å². The second kappa shape index (κ2) is 15.3. The van der Waals surface area contributed by atoms with Crippen molar-refractivity contribution >= 4 is 23.6 Å². The van der Waals surface area contributed by atoms with Crippen LogP contribution in [-0.4, -0.2) is 94.7 Å². The van der Waals surface area contributed by atoms with Gasteiger partial charge in [-0.1, -0.05) is 54.0 Å². The number of carbonyl (C=O) groups is 4. The molecule has 2 aliphatic rings. The van der Waals surface area contributed by atoms with Crippen LogP contribution in [0.3, 0.4) is 0 Å². The molecule has 0 radical (unpaired) electrons. The third kappa shape index (κ3) is 9.04. The Hall–Kier alpha value is -2.42. The van der Waals surface area contributed by atoms with Crippen LogP contribution in [0.2, 0.25) is 0 Å². The molecule has 0 spiro atoms. The smallest absolute Gasteiger partial charge is 0.249 e. The number of nitrogens with one attached hydrogen (secondary N) is 2. The summed E-state index contributed by atoms with van der Waals surface area (Å²) in [6, 6.07) is -1.49. The van der Waals surface area contributed by atoms with Crippen LogP contribution in [0, 0.1) is 11.3 Å². The van der Waals surface area contributed by atoms with Crippen LogP contribution in [0.15, 0.2) is 11.6 Å². The van der Waals surface area contributed by atoms with E-state index in [1.165, 1.54) is 0 Å². The monoisotopic (exact) mass is 589 g/mol. The van der Waals surface area contributed by atoms with Gasteiger partial charge in [0.2, 0.25) is 23.6 Å². The maximum Gasteiger partial charge on any atom is 0.249 e. The summed E-state index contributed by atoms with van der Waals surface area (Å²) >= 11 is 0. The molecule has 42 heavy (non-hydrogen) atoms. The molecule has 2 aliphatic heterocycles. The zero-order valence-electron chi connectivity index (χ0n) is 28.3. The fraction of sp³-hybridized carbons (Fsp3) is 0.818. The van der Waals surface area contributed by atoms with Crippen molar-refractivity contribution in [1.82, 2.24) is 25.3 Å². The Morgan fingerprint density at radius 1 is 0.905 bits per heavy atom. The Balaban J connectivity index is 2.26. The summed E-state index contributed by atoms with van der Waals surface area (Å²) in [4.78, 5) is 59.7. The Morgan fingerprint density at radius 3 is 2.05 bits per heavy atom. The molecular weight excluding hydrogens is 530 g/mol. The second-order valence-electron chi connectivity index (χ2n) is 14.2. The van der Waals surface area contributed by atoms with E-state index >= 15 is 0 Å². The molecule has 0 bridgehead atoms. The Labute approximate surface area is 255 Å². The number of likely N-dealkylation sites (tertiary alicyclic amines) is 2. The predicted octanol–water partition coefficient (Wildman–Crippen LogP) is 4.12. The van der Waals surface area contributed by atoms with Gasteiger partial charge in [-0.3, -0.25) is 24.1 Å². The predicted molar refractivity (Wildman–Crippen MR) is 169 cm³/mol. The summed E-state index contributed by atoms with van der Waals surface area (Å²) in [5, 5.41) is 6.15. The molecule has 2 saturated heterocycles. The van der Waals surface area contributed by atoms with Crippen molar-refractivity contribution in [3.05, 3.63) is 11.6 Å². The molecule has 5 atom stereocenters. The Kier molecular flexibility index (Phi) is 13.1. The maximum atomic E-state index is 14.1. The summed E-state index contributed by atoms with van der Waals surface area (Å²) < 4.78 is 0. The van der Waals surface area contributed by atoms with Crippen molar-refractivity contribution in [3.63, 3.8) is 0 Å². The molecule has 0 aromatic carbocycles. The van der Waals surface area contributed by atoms with Gasteiger partial charge in [0.1, 0.15) is 12.1 Å². The highest BCUT2D eigenvalue weighted by molar-refractivity contribution is 5.97. The number of amides is 4. The number of rotatable bonds is 11. The van der Waals surface area contributed by atoms with Crippen LogP contribution in [0.5, 0.6) is 0 Å². The fourth-order valence-electron chi connectivity index (χ4n) is 6.12. The standard InChI is InChI=1S/C33H59N5O4/c1-12-24(7)34-29(39)26-17-15-19-38(26)31(41)23(6)20-27(21(2)3)36(11)32(42)28(33(8,9)10)35-30(40)25-16-13-14-18-37(25)22(4)5/h20-22,24-28H,12-19H2,1-11H3,(H,34,39)(H,35,40)/b23-20+/t24-,25-,26?,27-,28?/m1/s1. The van der Waals surface area contributed by atoms with E-state index in [0.29, 0.717) is 18.5 Å². The minimum atomic E-state index is -0.719. The second-order valence-corrected chi connectivity index (χ2v) is 14.2. The van der Waals surface area contributed by atoms with Crippen molar-refractivity contribution < 1.29 is 19.2 Å². The number of piperidine rings is 1. The van der Waals surface area contributed by atoms with Crippen LogP contribution >= 0.6 is 0 Å². The normalized spacial score (nSPS) is 22.6. The lowest BCUT2D eigenvalue weighted by molar-refractivity contribution is -0.142. The molecule has 240 valence electrons. The molecule has 9 heteroatoms. The van der Waals surface area contributed by atoms with E-state index in [9.17, 15) is 19.2 Å². The minimum Gasteiger partial charge on any atom is -0.352 e. The van der Waals surface area contributed by atoms with E-state index in [4.69, 9.17) is 0 Å². The minimum absolute atomic E-state index is 0.0240. The Morgan fingerprint density at radius 2 is 1.50 bits per heavy atom. The lowest BCUT2D eigenvalue weighted by atomic mass is 9.84. The molecule has 9 nitrogen and oxygen atoms in total. The highest BCUT2D eigenvalue weighted by atomic mass is 16.2. The highest BCUT2D eigenvalue weighted by Crippen LogP contribution is 2.27. The van der Waals surface area contributed by atoms with Gasteiger partial charge in [0.05, 0.1) is 12.1 Å². The first-order valence-electron chi connectivity index (χ1n) is 16.1. The van der Waals surface area contributed by atoms with Crippen molar-refractivity contribution in [2.45, 2.75) is 144 Å². The van der Waals surface area contributed by atoms with Crippen LogP contribution in [0.1, 0.15) is 108 Å². The molecule has 2 N–H and O–H groups in total. The number of nitrogens with zero attached hydrogens (tertiary/aromatic N) is 3. The first-order chi connectivity index (χ1) is 19.5. The molecule has 0 aromatic heterocycles. The third-order valence-electron chi connectivity index (χ3n) is 8.96. The van der Waals surface area contributed by atoms with Crippen LogP contribution < -0.4 is 10.6 Å². The molecule has 0 saturated carbocycles. The molecule has 2 heterocycles. The third-order valence-corrected chi connectivity index (χ3v) is 8.96. The van der Waals surface area contributed by atoms with Gasteiger partial charge < -0.3 is 20.4 Å². The maximum absolute atomic E-state index is 14.1. The van der Waals surface area contributed by atoms with Crippen molar-refractivity contribution in [2.75, 3.05) is 20.1 Å². The average Bonchev–Trinajstić information content (AvgIpc) is 3.42. The van der Waals surface area contributed by atoms with Crippen LogP contribution in [0.25, 0.3) is 0 Å². The van der Waals surface area contributed by atoms with Crippen molar-refractivity contribution in [2.24, 2.45) is 11.3 Å². The highest BCUT2D eigenvalue weighted by Gasteiger charge is 2.40. The van der Waals surface area contributed by atoms with Gasteiger partial charge in [-0.15, -0.1) is 0 Å². The van der Waals surface area contributed by atoms with Gasteiger partial charge in [0.25, 0.3) is 0 Å². The molecule has 2 fully saturated rings. The van der Waals surface area contributed by atoms with E-state index in [0.717, 1.165) is 38.6 Å². The topological polar surface area (TPSA) is 102 Å². The summed E-state index contributed by atoms with van der Waals surface area (Å²) in [5.41, 5.74) is 0.00271. The van der Waals surface area contributed by atoms with E-state index < -0.39 is 17.5 Å². The van der Waals surface area contributed by atoms with Crippen molar-refractivity contribution in [3.8, 4) is 0 Å². The first-order valence-corrected chi connectivity index (χ1v) is 16.1. The number of hydrogen-bond acceptors (Lipinski definition) is 5. The average molecular weight is 590 g/mol. The molecule has 2 rings (SSSR count). The largest absolute Gasteiger partial charge is 0.352 e. The van der Waals surface area contributed by atoms with Gasteiger partial charge in [-0.2, -0.15) is 0 Å². The van der Waals surface area contributed by atoms with Gasteiger partial charge >= 0.3 is 0 Å². The van der Waals surface area contributed by atoms with Crippen LogP contribution in [0.4, 0.5) is 0 Å². The fourth-order valence-corrected chi connectivity index (χ4v) is 6.12. The summed E-state index contributed by atoms with van der Waals surface area (Å²) in [6.07, 6.45) is 6.98. The van der Waals surface area contributed by atoms with E-state index in [2.05, 4.69) is 29.4 Å². The molecule has 0 aliphatic carbocycles. The lowest BCUT2D eigenvalue weighted by Gasteiger charge is -2.41. The lowest BCUT2D eigenvalue weighted by Crippen LogP contribution is -2.60. The van der Waals surface area contributed by atoms with Gasteiger partial charge in [-0.25, -0.2) is 0 Å². The summed E-state index contributed by atoms with van der Waals surface area (Å²) in [6.45, 7) is 21.3. The quantitative estimate of drug-likeness (QED) is 0.353. The number of likely N-dealkylation sites (N-methyl/N-ethyl adjacent to an activating group) is 1. The first kappa shape index (κ1) is 35.8. The number of hydrogen-bond donors (Lipinski definition) is 2. The molecule has 0 aromatic rings. The SMILES string of the molecule is CC[C@@H](C)NC(=O)C1CCCN1C(=O)/C(C)=C/[C@H](C(C)C)N(C)C(=O)C(NC(=O)[C@H]1CCCCN1C(C)C)C(C)(C)C. The molecule has 2 unspecified atom stereocenters. The van der Waals surface area contributed by atoms with E-state index in [1.807, 2.05) is 54.5 Å². The van der Waals surface area contributed by atoms with Crippen LogP contribution in [-0.2, 0) is 19.2 Å². The Bertz CT molecular complexity index is 985. The van der Waals surface area contributed by atoms with Gasteiger partial charge in [0, 0.05) is 31.2 Å². The van der Waals surface area contributed by atoms with E-state index in [1.54, 1.807) is 23.8 Å². The molecular formula is C33H59N5O4. The van der Waals surface area contributed by atoms with E-state index in [-0.39, 0.29) is 53.7 Å². The zero-order valence-corrected chi connectivity index (χ0v) is 28.3. The molecule has 4 amide bonds. The zero-order chi connectivity index (χ0) is 31.9. The number of carbonyl (C=O) groups excluding carboxylic acids is 4. The summed E-state index contributed by atoms with van der Waals surface area (Å²) in [5.74, 6) is -0.520. The van der Waals surface area contributed by atoms with Gasteiger partial charge in [0.15, 0.2) is 0 Å².